The standard InChI is InChI=1S/C30H39N3O2.C8H18.C3H8.3C2H6/c1-6-22-15-30(16-22)17-33(18-30)23-11-13-24(19(2)14-23)26-8-7-9-27(29(26)32-5)28(31)25(21(4)35)12-10-20(3)34;1-4-6-8(3)7-5-2;1-3-2;3*1-2/h7-9,11,13-14,22,25,31-32H,6,10,12,15-18H2,1-5H3;8H,4-7H2,1-3H3;3H2,1-2H3;3*1-2H3. The molecule has 2 aromatic carbocycles. The maximum atomic E-state index is 12.3. The Morgan fingerprint density at radius 1 is 0.865 bits per heavy atom. The number of nitrogens with one attached hydrogen (secondary N) is 2. The Labute approximate surface area is 323 Å². The molecular weight excluding hydrogens is 639 g/mol. The van der Waals surface area contributed by atoms with Crippen molar-refractivity contribution in [3.05, 3.63) is 47.5 Å². The van der Waals surface area contributed by atoms with Crippen LogP contribution in [0.1, 0.15) is 172 Å². The van der Waals surface area contributed by atoms with Crippen LogP contribution in [-0.2, 0) is 9.59 Å². The zero-order valence-corrected chi connectivity index (χ0v) is 36.9. The molecule has 1 heterocycles. The van der Waals surface area contributed by atoms with Crippen LogP contribution in [0.3, 0.4) is 0 Å². The van der Waals surface area contributed by atoms with Gasteiger partial charge in [-0.3, -0.25) is 4.79 Å². The number of hydrogen-bond acceptors (Lipinski definition) is 5. The number of aryl methyl sites for hydroxylation is 1. The van der Waals surface area contributed by atoms with Gasteiger partial charge in [0.15, 0.2) is 0 Å². The third-order valence-electron chi connectivity index (χ3n) is 9.73. The van der Waals surface area contributed by atoms with E-state index in [1.54, 1.807) is 0 Å². The lowest BCUT2D eigenvalue weighted by molar-refractivity contribution is -0.119. The van der Waals surface area contributed by atoms with E-state index >= 15 is 0 Å². The Morgan fingerprint density at radius 3 is 1.83 bits per heavy atom. The largest absolute Gasteiger partial charge is 0.387 e. The van der Waals surface area contributed by atoms with Crippen molar-refractivity contribution in [3.8, 4) is 11.1 Å². The summed E-state index contributed by atoms with van der Waals surface area (Å²) in [6.45, 7) is 32.9. The van der Waals surface area contributed by atoms with Gasteiger partial charge in [-0.1, -0.05) is 146 Å². The maximum Gasteiger partial charge on any atom is 0.138 e. The van der Waals surface area contributed by atoms with Crippen molar-refractivity contribution in [1.29, 1.82) is 5.41 Å². The molecule has 1 saturated heterocycles. The van der Waals surface area contributed by atoms with Gasteiger partial charge in [0.2, 0.25) is 0 Å². The number of para-hydroxylation sites is 1. The van der Waals surface area contributed by atoms with Gasteiger partial charge in [-0.2, -0.15) is 0 Å². The number of rotatable bonds is 14. The number of anilines is 2. The van der Waals surface area contributed by atoms with Gasteiger partial charge in [-0.25, -0.2) is 0 Å². The van der Waals surface area contributed by atoms with Gasteiger partial charge in [0.1, 0.15) is 11.6 Å². The first-order valence-corrected chi connectivity index (χ1v) is 21.2. The molecule has 2 aromatic rings. The van der Waals surface area contributed by atoms with E-state index in [2.05, 4.69) is 82.9 Å². The lowest BCUT2D eigenvalue weighted by atomic mass is 9.57. The molecule has 5 nitrogen and oxygen atoms in total. The van der Waals surface area contributed by atoms with Crippen LogP contribution < -0.4 is 10.2 Å². The van der Waals surface area contributed by atoms with E-state index < -0.39 is 5.92 Å². The molecule has 4 rings (SSSR count). The minimum atomic E-state index is -0.581. The molecule has 1 unspecified atom stereocenters. The molecule has 1 aliphatic heterocycles. The molecule has 298 valence electrons. The number of nitrogens with zero attached hydrogens (tertiary/aromatic N) is 1. The van der Waals surface area contributed by atoms with Crippen LogP contribution in [-0.4, -0.2) is 37.4 Å². The molecule has 2 aliphatic rings. The number of Topliss-reactive ketones (excluding diaryl/α,β-unsaturated/α-hetero) is 2. The highest BCUT2D eigenvalue weighted by Gasteiger charge is 2.51. The highest BCUT2D eigenvalue weighted by molar-refractivity contribution is 6.15. The second-order valence-electron chi connectivity index (χ2n) is 14.2. The highest BCUT2D eigenvalue weighted by atomic mass is 16.1. The molecule has 0 amide bonds. The molecule has 1 spiro atoms. The predicted molar refractivity (Wildman–Crippen MR) is 234 cm³/mol. The number of hydrogen-bond donors (Lipinski definition) is 2. The van der Waals surface area contributed by atoms with Crippen LogP contribution in [0.5, 0.6) is 0 Å². The summed E-state index contributed by atoms with van der Waals surface area (Å²) >= 11 is 0. The second kappa shape index (κ2) is 28.5. The molecular formula is C47H83N3O2. The van der Waals surface area contributed by atoms with E-state index in [1.165, 1.54) is 89.6 Å². The quantitative estimate of drug-likeness (QED) is 0.191. The van der Waals surface area contributed by atoms with Crippen LogP contribution in [0.2, 0.25) is 0 Å². The van der Waals surface area contributed by atoms with Crippen LogP contribution >= 0.6 is 0 Å². The van der Waals surface area contributed by atoms with Crippen LogP contribution in [0.15, 0.2) is 36.4 Å². The van der Waals surface area contributed by atoms with Crippen LogP contribution in [0.4, 0.5) is 11.4 Å². The van der Waals surface area contributed by atoms with Gasteiger partial charge < -0.3 is 20.4 Å². The smallest absolute Gasteiger partial charge is 0.138 e. The fourth-order valence-corrected chi connectivity index (χ4v) is 7.29. The molecule has 1 saturated carbocycles. The van der Waals surface area contributed by atoms with Crippen molar-refractivity contribution in [2.45, 2.75) is 168 Å². The molecule has 0 radical (unpaired) electrons. The molecule has 0 aromatic heterocycles. The third kappa shape index (κ3) is 16.0. The van der Waals surface area contributed by atoms with Gasteiger partial charge in [-0.05, 0) is 75.1 Å². The molecule has 5 heteroatoms. The summed E-state index contributed by atoms with van der Waals surface area (Å²) in [6.07, 6.45) is 11.5. The maximum absolute atomic E-state index is 12.3. The first-order chi connectivity index (χ1) is 24.9. The number of carbonyl (C=O) groups excluding carboxylic acids is 2. The molecule has 2 fully saturated rings. The van der Waals surface area contributed by atoms with Gasteiger partial charge in [0.25, 0.3) is 0 Å². The van der Waals surface area contributed by atoms with Crippen molar-refractivity contribution in [1.82, 2.24) is 0 Å². The van der Waals surface area contributed by atoms with E-state index in [1.807, 2.05) is 60.7 Å². The molecule has 2 N–H and O–H groups in total. The Morgan fingerprint density at radius 2 is 1.40 bits per heavy atom. The van der Waals surface area contributed by atoms with Crippen molar-refractivity contribution in [2.75, 3.05) is 30.4 Å². The lowest BCUT2D eigenvalue weighted by Gasteiger charge is -2.60. The van der Waals surface area contributed by atoms with Gasteiger partial charge >= 0.3 is 0 Å². The number of benzene rings is 2. The summed E-state index contributed by atoms with van der Waals surface area (Å²) in [5.74, 6) is 1.27. The van der Waals surface area contributed by atoms with Crippen molar-refractivity contribution < 1.29 is 9.59 Å². The van der Waals surface area contributed by atoms with Crippen molar-refractivity contribution in [3.63, 3.8) is 0 Å². The van der Waals surface area contributed by atoms with Crippen molar-refractivity contribution in [2.24, 2.45) is 23.2 Å². The SMILES string of the molecule is CC.CC.CC.CCC.CCC1CC2(C1)CN(c1ccc(-c3cccc(C(=N)C(CCC(C)=O)C(C)=O)c3NC)c(C)c1)C2.CCCC(C)CCC. The monoisotopic (exact) mass is 722 g/mol. The summed E-state index contributed by atoms with van der Waals surface area (Å²) in [5.41, 5.74) is 7.05. The fraction of sp³-hybridized carbons (Fsp3) is 0.681. The first-order valence-electron chi connectivity index (χ1n) is 21.2. The molecule has 0 bridgehead atoms. The summed E-state index contributed by atoms with van der Waals surface area (Å²) in [7, 11) is 1.86. The predicted octanol–water partition coefficient (Wildman–Crippen LogP) is 14.0. The summed E-state index contributed by atoms with van der Waals surface area (Å²) in [6, 6.07) is 12.6. The second-order valence-corrected chi connectivity index (χ2v) is 14.2. The van der Waals surface area contributed by atoms with Crippen LogP contribution in [0.25, 0.3) is 11.1 Å². The average molecular weight is 722 g/mol. The minimum absolute atomic E-state index is 0.0398. The van der Waals surface area contributed by atoms with E-state index in [0.29, 0.717) is 18.3 Å². The van der Waals surface area contributed by atoms with E-state index in [-0.39, 0.29) is 17.3 Å². The molecule has 1 aliphatic carbocycles. The number of ketones is 2. The summed E-state index contributed by atoms with van der Waals surface area (Å²) in [5, 5.41) is 12.1. The third-order valence-corrected chi connectivity index (χ3v) is 9.73. The Hall–Kier alpha value is -2.95. The first kappa shape index (κ1) is 51.2. The normalized spacial score (nSPS) is 14.1. The van der Waals surface area contributed by atoms with Gasteiger partial charge in [0, 0.05) is 48.8 Å². The lowest BCUT2D eigenvalue weighted by Crippen LogP contribution is -2.62. The summed E-state index contributed by atoms with van der Waals surface area (Å²) < 4.78 is 0. The molecule has 52 heavy (non-hydrogen) atoms. The average Bonchev–Trinajstić information content (AvgIpc) is 3.10. The Kier molecular flexibility index (Phi) is 28.1. The zero-order valence-electron chi connectivity index (χ0n) is 36.9. The van der Waals surface area contributed by atoms with E-state index in [4.69, 9.17) is 5.41 Å². The summed E-state index contributed by atoms with van der Waals surface area (Å²) in [4.78, 5) is 26.4. The van der Waals surface area contributed by atoms with E-state index in [0.717, 1.165) is 34.2 Å². The van der Waals surface area contributed by atoms with Crippen LogP contribution in [0, 0.1) is 35.5 Å². The topological polar surface area (TPSA) is 73.3 Å². The van der Waals surface area contributed by atoms with E-state index in [9.17, 15) is 9.59 Å². The van der Waals surface area contributed by atoms with Gasteiger partial charge in [-0.15, -0.1) is 0 Å². The molecule has 1 atom stereocenters. The Bertz CT molecular complexity index is 1260. The zero-order chi connectivity index (χ0) is 40.4. The number of carbonyl (C=O) groups is 2. The highest BCUT2D eigenvalue weighted by Crippen LogP contribution is 2.54. The Balaban J connectivity index is 0. The fourth-order valence-electron chi connectivity index (χ4n) is 7.29. The van der Waals surface area contributed by atoms with Crippen molar-refractivity contribution >= 4 is 28.7 Å². The van der Waals surface area contributed by atoms with Gasteiger partial charge in [0.05, 0.1) is 17.3 Å². The minimum Gasteiger partial charge on any atom is -0.387 e.